The molecule has 17 heavy (non-hydrogen) atoms. The maximum absolute atomic E-state index is 11.9. The molecule has 1 aromatic rings. The van der Waals surface area contributed by atoms with Crippen LogP contribution in [0.2, 0.25) is 0 Å². The molecule has 0 amide bonds. The van der Waals surface area contributed by atoms with Crippen molar-refractivity contribution >= 4 is 21.7 Å². The van der Waals surface area contributed by atoms with Crippen LogP contribution in [0.15, 0.2) is 40.4 Å². The van der Waals surface area contributed by atoms with Gasteiger partial charge in [0, 0.05) is 10.9 Å². The third-order valence-electron chi connectivity index (χ3n) is 3.15. The highest BCUT2D eigenvalue weighted by Crippen LogP contribution is 2.22. The van der Waals surface area contributed by atoms with E-state index in [-0.39, 0.29) is 5.78 Å². The molecule has 0 saturated heterocycles. The first-order valence-corrected chi connectivity index (χ1v) is 7.00. The Balaban J connectivity index is 1.94. The SMILES string of the molecule is O=C(C=C1CCCCC1)Cc1ccc(Br)cc1. The summed E-state index contributed by atoms with van der Waals surface area (Å²) in [6.45, 7) is 0. The Morgan fingerprint density at radius 2 is 1.76 bits per heavy atom. The second-order valence-corrected chi connectivity index (χ2v) is 5.55. The van der Waals surface area contributed by atoms with E-state index in [0.717, 1.165) is 22.9 Å². The molecule has 1 fully saturated rings. The summed E-state index contributed by atoms with van der Waals surface area (Å²) in [6.07, 6.45) is 8.45. The van der Waals surface area contributed by atoms with Gasteiger partial charge in [0.1, 0.15) is 0 Å². The highest BCUT2D eigenvalue weighted by molar-refractivity contribution is 9.10. The van der Waals surface area contributed by atoms with Crippen LogP contribution in [-0.4, -0.2) is 5.78 Å². The van der Waals surface area contributed by atoms with Crippen LogP contribution in [0.1, 0.15) is 37.7 Å². The summed E-state index contributed by atoms with van der Waals surface area (Å²) in [5, 5.41) is 0. The number of ketones is 1. The van der Waals surface area contributed by atoms with Gasteiger partial charge in [-0.1, -0.05) is 40.1 Å². The Bertz CT molecular complexity index is 409. The highest BCUT2D eigenvalue weighted by Gasteiger charge is 2.08. The number of hydrogen-bond acceptors (Lipinski definition) is 1. The number of halogens is 1. The molecule has 0 N–H and O–H groups in total. The van der Waals surface area contributed by atoms with Crippen molar-refractivity contribution in [1.82, 2.24) is 0 Å². The van der Waals surface area contributed by atoms with E-state index in [1.165, 1.54) is 24.8 Å². The Labute approximate surface area is 111 Å². The number of hydrogen-bond donors (Lipinski definition) is 0. The standard InChI is InChI=1S/C15H17BrO/c16-14-8-6-13(7-9-14)11-15(17)10-12-4-2-1-3-5-12/h6-10H,1-5,11H2. The lowest BCUT2D eigenvalue weighted by Gasteiger charge is -2.12. The van der Waals surface area contributed by atoms with Crippen molar-refractivity contribution in [2.24, 2.45) is 0 Å². The summed E-state index contributed by atoms with van der Waals surface area (Å²) in [7, 11) is 0. The Morgan fingerprint density at radius 3 is 2.41 bits per heavy atom. The lowest BCUT2D eigenvalue weighted by molar-refractivity contribution is -0.114. The van der Waals surface area contributed by atoms with Gasteiger partial charge in [0.05, 0.1) is 0 Å². The fourth-order valence-corrected chi connectivity index (χ4v) is 2.50. The van der Waals surface area contributed by atoms with Crippen molar-refractivity contribution in [3.05, 3.63) is 46.0 Å². The minimum absolute atomic E-state index is 0.240. The van der Waals surface area contributed by atoms with Crippen LogP contribution in [0.4, 0.5) is 0 Å². The summed E-state index contributed by atoms with van der Waals surface area (Å²) in [4.78, 5) is 11.9. The van der Waals surface area contributed by atoms with E-state index in [1.54, 1.807) is 0 Å². The van der Waals surface area contributed by atoms with Gasteiger partial charge in [-0.15, -0.1) is 0 Å². The molecule has 0 atom stereocenters. The minimum Gasteiger partial charge on any atom is -0.294 e. The van der Waals surface area contributed by atoms with Gasteiger partial charge in [-0.25, -0.2) is 0 Å². The van der Waals surface area contributed by atoms with Crippen LogP contribution in [0, 0.1) is 0 Å². The van der Waals surface area contributed by atoms with E-state index in [4.69, 9.17) is 0 Å². The molecule has 0 unspecified atom stereocenters. The molecule has 1 nitrogen and oxygen atoms in total. The molecule has 0 aromatic heterocycles. The van der Waals surface area contributed by atoms with Crippen LogP contribution in [0.25, 0.3) is 0 Å². The van der Waals surface area contributed by atoms with Gasteiger partial charge >= 0.3 is 0 Å². The van der Waals surface area contributed by atoms with E-state index in [2.05, 4.69) is 15.9 Å². The van der Waals surface area contributed by atoms with Gasteiger partial charge in [-0.2, -0.15) is 0 Å². The van der Waals surface area contributed by atoms with Crippen molar-refractivity contribution in [1.29, 1.82) is 0 Å². The first kappa shape index (κ1) is 12.6. The van der Waals surface area contributed by atoms with Crippen LogP contribution in [0.3, 0.4) is 0 Å². The van der Waals surface area contributed by atoms with E-state index < -0.39 is 0 Å². The van der Waals surface area contributed by atoms with Crippen molar-refractivity contribution in [3.63, 3.8) is 0 Å². The molecule has 0 heterocycles. The Hall–Kier alpha value is -0.890. The normalized spacial score (nSPS) is 15.7. The summed E-state index contributed by atoms with van der Waals surface area (Å²) in [5.41, 5.74) is 2.43. The maximum atomic E-state index is 11.9. The molecule has 90 valence electrons. The molecule has 1 saturated carbocycles. The first-order valence-electron chi connectivity index (χ1n) is 6.21. The number of carbonyl (C=O) groups excluding carboxylic acids is 1. The quantitative estimate of drug-likeness (QED) is 0.752. The second-order valence-electron chi connectivity index (χ2n) is 4.63. The third-order valence-corrected chi connectivity index (χ3v) is 3.68. The summed E-state index contributed by atoms with van der Waals surface area (Å²) < 4.78 is 1.05. The number of carbonyl (C=O) groups is 1. The molecule has 1 aliphatic carbocycles. The van der Waals surface area contributed by atoms with Crippen molar-refractivity contribution < 1.29 is 4.79 Å². The van der Waals surface area contributed by atoms with E-state index in [1.807, 2.05) is 30.3 Å². The lowest BCUT2D eigenvalue weighted by atomic mass is 9.93. The van der Waals surface area contributed by atoms with Crippen LogP contribution < -0.4 is 0 Å². The highest BCUT2D eigenvalue weighted by atomic mass is 79.9. The molecule has 2 heteroatoms. The van der Waals surface area contributed by atoms with Gasteiger partial charge in [-0.05, 0) is 49.5 Å². The number of rotatable bonds is 3. The van der Waals surface area contributed by atoms with Crippen molar-refractivity contribution in [3.8, 4) is 0 Å². The lowest BCUT2D eigenvalue weighted by Crippen LogP contribution is -2.02. The maximum Gasteiger partial charge on any atom is 0.160 e. The predicted octanol–water partition coefficient (Wildman–Crippen LogP) is 4.45. The number of benzene rings is 1. The zero-order valence-corrected chi connectivity index (χ0v) is 11.5. The molecule has 0 bridgehead atoms. The Morgan fingerprint density at radius 1 is 1.12 bits per heavy atom. The van der Waals surface area contributed by atoms with E-state index >= 15 is 0 Å². The number of allylic oxidation sites excluding steroid dienone is 2. The van der Waals surface area contributed by atoms with Gasteiger partial charge in [-0.3, -0.25) is 4.79 Å². The monoisotopic (exact) mass is 292 g/mol. The summed E-state index contributed by atoms with van der Waals surface area (Å²) in [5.74, 6) is 0.240. The van der Waals surface area contributed by atoms with Crippen LogP contribution in [0.5, 0.6) is 0 Å². The predicted molar refractivity (Wildman–Crippen MR) is 74.0 cm³/mol. The fraction of sp³-hybridized carbons (Fsp3) is 0.400. The molecular weight excluding hydrogens is 276 g/mol. The molecular formula is C15H17BrO. The van der Waals surface area contributed by atoms with E-state index in [0.29, 0.717) is 6.42 Å². The largest absolute Gasteiger partial charge is 0.294 e. The molecule has 2 rings (SSSR count). The average Bonchev–Trinajstić information content (AvgIpc) is 2.33. The third kappa shape index (κ3) is 4.12. The Kier molecular flexibility index (Phi) is 4.55. The van der Waals surface area contributed by atoms with E-state index in [9.17, 15) is 4.79 Å². The molecule has 0 radical (unpaired) electrons. The summed E-state index contributed by atoms with van der Waals surface area (Å²) in [6, 6.07) is 7.97. The van der Waals surface area contributed by atoms with Crippen LogP contribution >= 0.6 is 15.9 Å². The van der Waals surface area contributed by atoms with Gasteiger partial charge < -0.3 is 0 Å². The van der Waals surface area contributed by atoms with Gasteiger partial charge in [0.2, 0.25) is 0 Å². The fourth-order valence-electron chi connectivity index (χ4n) is 2.23. The first-order chi connectivity index (χ1) is 8.24. The van der Waals surface area contributed by atoms with Crippen LogP contribution in [-0.2, 0) is 11.2 Å². The average molecular weight is 293 g/mol. The molecule has 0 spiro atoms. The van der Waals surface area contributed by atoms with Gasteiger partial charge in [0.25, 0.3) is 0 Å². The zero-order chi connectivity index (χ0) is 12.1. The van der Waals surface area contributed by atoms with Crippen molar-refractivity contribution in [2.45, 2.75) is 38.5 Å². The van der Waals surface area contributed by atoms with Crippen molar-refractivity contribution in [2.75, 3.05) is 0 Å². The zero-order valence-electron chi connectivity index (χ0n) is 9.92. The molecule has 0 aliphatic heterocycles. The summed E-state index contributed by atoms with van der Waals surface area (Å²) >= 11 is 3.39. The minimum atomic E-state index is 0.240. The molecule has 1 aromatic carbocycles. The second kappa shape index (κ2) is 6.15. The van der Waals surface area contributed by atoms with Gasteiger partial charge in [0.15, 0.2) is 5.78 Å². The smallest absolute Gasteiger partial charge is 0.160 e. The molecule has 1 aliphatic rings. The topological polar surface area (TPSA) is 17.1 Å².